The third-order valence-electron chi connectivity index (χ3n) is 4.60. The van der Waals surface area contributed by atoms with E-state index in [2.05, 4.69) is 5.32 Å². The Labute approximate surface area is 198 Å². The van der Waals surface area contributed by atoms with Gasteiger partial charge in [-0.25, -0.2) is 0 Å². The monoisotopic (exact) mass is 478 g/mol. The lowest BCUT2D eigenvalue weighted by atomic mass is 10.1. The molecule has 0 aliphatic carbocycles. The summed E-state index contributed by atoms with van der Waals surface area (Å²) < 4.78 is 5.50. The number of rotatable bonds is 7. The van der Waals surface area contributed by atoms with E-state index < -0.39 is 27.1 Å². The highest BCUT2D eigenvalue weighted by atomic mass is 35.5. The van der Waals surface area contributed by atoms with Crippen LogP contribution < -0.4 is 10.1 Å². The molecule has 0 bridgehead atoms. The highest BCUT2D eigenvalue weighted by Gasteiger charge is 2.22. The van der Waals surface area contributed by atoms with E-state index >= 15 is 0 Å². The molecule has 0 aliphatic heterocycles. The minimum absolute atomic E-state index is 0.0398. The Bertz CT molecular complexity index is 1380. The molecule has 0 fully saturated rings. The lowest BCUT2D eigenvalue weighted by Gasteiger charge is -2.09. The van der Waals surface area contributed by atoms with E-state index in [4.69, 9.17) is 16.3 Å². The molecule has 0 saturated heterocycles. The Balaban J connectivity index is 1.85. The van der Waals surface area contributed by atoms with Crippen molar-refractivity contribution in [3.05, 3.63) is 103 Å². The highest BCUT2D eigenvalue weighted by Crippen LogP contribution is 2.37. The number of anilines is 1. The van der Waals surface area contributed by atoms with Crippen molar-refractivity contribution in [3.63, 3.8) is 0 Å². The number of carbonyl (C=O) groups is 1. The van der Waals surface area contributed by atoms with Gasteiger partial charge in [-0.1, -0.05) is 35.9 Å². The van der Waals surface area contributed by atoms with Gasteiger partial charge in [-0.3, -0.25) is 25.0 Å². The van der Waals surface area contributed by atoms with Crippen LogP contribution in [0, 0.1) is 38.5 Å². The van der Waals surface area contributed by atoms with Crippen molar-refractivity contribution in [3.8, 4) is 17.6 Å². The summed E-state index contributed by atoms with van der Waals surface area (Å²) in [7, 11) is 0. The van der Waals surface area contributed by atoms with Gasteiger partial charge in [-0.05, 0) is 48.4 Å². The summed E-state index contributed by atoms with van der Waals surface area (Å²) in [4.78, 5) is 33.1. The van der Waals surface area contributed by atoms with Gasteiger partial charge in [-0.15, -0.1) is 0 Å². The average molecular weight is 479 g/mol. The summed E-state index contributed by atoms with van der Waals surface area (Å²) in [6.45, 7) is 1.82. The maximum atomic E-state index is 12.5. The molecule has 0 aromatic heterocycles. The Kier molecular flexibility index (Phi) is 7.20. The van der Waals surface area contributed by atoms with Crippen molar-refractivity contribution in [2.24, 2.45) is 0 Å². The van der Waals surface area contributed by atoms with Crippen molar-refractivity contribution in [1.82, 2.24) is 0 Å². The third kappa shape index (κ3) is 5.53. The molecule has 10 nitrogen and oxygen atoms in total. The summed E-state index contributed by atoms with van der Waals surface area (Å²) in [5.41, 5.74) is 0.580. The number of non-ortho nitro benzene ring substituents is 1. The largest absolute Gasteiger partial charge is 0.449 e. The van der Waals surface area contributed by atoms with Crippen LogP contribution >= 0.6 is 11.6 Å². The van der Waals surface area contributed by atoms with Crippen molar-refractivity contribution in [2.75, 3.05) is 5.32 Å². The Morgan fingerprint density at radius 3 is 2.38 bits per heavy atom. The number of amides is 1. The minimum atomic E-state index is -0.806. The van der Waals surface area contributed by atoms with E-state index in [-0.39, 0.29) is 22.1 Å². The molecule has 3 aromatic carbocycles. The number of nitriles is 1. The maximum Gasteiger partial charge on any atom is 0.318 e. The summed E-state index contributed by atoms with van der Waals surface area (Å²) >= 11 is 6.23. The number of nitro groups is 2. The number of benzene rings is 3. The second kappa shape index (κ2) is 10.2. The number of hydrogen-bond acceptors (Lipinski definition) is 7. The van der Waals surface area contributed by atoms with Crippen LogP contribution in [0.3, 0.4) is 0 Å². The molecule has 0 spiro atoms. The number of carbonyl (C=O) groups excluding carboxylic acids is 1. The number of nitrogens with zero attached hydrogens (tertiary/aromatic N) is 3. The summed E-state index contributed by atoms with van der Waals surface area (Å²) in [6, 6.07) is 16.2. The summed E-state index contributed by atoms with van der Waals surface area (Å²) in [5.74, 6) is -0.801. The molecule has 0 radical (unpaired) electrons. The average Bonchev–Trinajstić information content (AvgIpc) is 2.80. The molecule has 1 N–H and O–H groups in total. The van der Waals surface area contributed by atoms with Crippen LogP contribution in [-0.4, -0.2) is 15.8 Å². The number of hydrogen-bond donors (Lipinski definition) is 1. The highest BCUT2D eigenvalue weighted by molar-refractivity contribution is 6.32. The van der Waals surface area contributed by atoms with Crippen LogP contribution in [0.4, 0.5) is 17.1 Å². The van der Waals surface area contributed by atoms with Gasteiger partial charge in [0.2, 0.25) is 5.75 Å². The van der Waals surface area contributed by atoms with Gasteiger partial charge in [0.1, 0.15) is 17.4 Å². The lowest BCUT2D eigenvalue weighted by molar-refractivity contribution is -0.394. The molecule has 0 aliphatic rings. The first-order valence-corrected chi connectivity index (χ1v) is 9.96. The Morgan fingerprint density at radius 2 is 1.76 bits per heavy atom. The first-order chi connectivity index (χ1) is 16.2. The molecule has 0 saturated carbocycles. The van der Waals surface area contributed by atoms with Crippen molar-refractivity contribution in [1.29, 1.82) is 5.26 Å². The smallest absolute Gasteiger partial charge is 0.318 e. The fourth-order valence-electron chi connectivity index (χ4n) is 2.87. The van der Waals surface area contributed by atoms with E-state index in [9.17, 15) is 30.3 Å². The van der Waals surface area contributed by atoms with E-state index in [1.54, 1.807) is 12.1 Å². The topological polar surface area (TPSA) is 148 Å². The first kappa shape index (κ1) is 23.9. The molecule has 34 heavy (non-hydrogen) atoms. The second-order valence-electron chi connectivity index (χ2n) is 6.90. The number of ether oxygens (including phenoxy) is 1. The van der Waals surface area contributed by atoms with Crippen LogP contribution in [0.1, 0.15) is 11.1 Å². The molecule has 3 rings (SSSR count). The third-order valence-corrected chi connectivity index (χ3v) is 4.89. The van der Waals surface area contributed by atoms with Crippen LogP contribution in [0.15, 0.2) is 66.2 Å². The summed E-state index contributed by atoms with van der Waals surface area (Å²) in [5, 5.41) is 34.3. The Hall–Kier alpha value is -4.75. The zero-order chi connectivity index (χ0) is 24.8. The first-order valence-electron chi connectivity index (χ1n) is 9.58. The molecule has 11 heteroatoms. The van der Waals surface area contributed by atoms with E-state index in [0.717, 1.165) is 23.8 Å². The van der Waals surface area contributed by atoms with Gasteiger partial charge in [0.15, 0.2) is 0 Å². The van der Waals surface area contributed by atoms with Crippen LogP contribution in [0.5, 0.6) is 11.5 Å². The Morgan fingerprint density at radius 1 is 1.06 bits per heavy atom. The fourth-order valence-corrected chi connectivity index (χ4v) is 3.10. The minimum Gasteiger partial charge on any atom is -0.449 e. The van der Waals surface area contributed by atoms with E-state index in [1.807, 2.05) is 25.1 Å². The number of para-hydroxylation sites is 1. The fraction of sp³-hybridized carbons (Fsp3) is 0.0435. The zero-order valence-corrected chi connectivity index (χ0v) is 18.3. The van der Waals surface area contributed by atoms with Crippen molar-refractivity contribution >= 4 is 40.6 Å². The van der Waals surface area contributed by atoms with Gasteiger partial charge in [-0.2, -0.15) is 5.26 Å². The predicted molar refractivity (Wildman–Crippen MR) is 125 cm³/mol. The predicted octanol–water partition coefficient (Wildman–Crippen LogP) is 5.80. The number of aryl methyl sites for hydroxylation is 1. The molecule has 0 unspecified atom stereocenters. The quantitative estimate of drug-likeness (QED) is 0.195. The van der Waals surface area contributed by atoms with E-state index in [0.29, 0.717) is 11.3 Å². The van der Waals surface area contributed by atoms with Gasteiger partial charge < -0.3 is 10.1 Å². The zero-order valence-electron chi connectivity index (χ0n) is 17.5. The molecule has 1 amide bonds. The molecule has 170 valence electrons. The lowest BCUT2D eigenvalue weighted by Crippen LogP contribution is -2.14. The standard InChI is InChI=1S/C23H15ClN4O6/c1-14-4-2-3-5-19(14)26-23(29)16(13-25)10-15-6-8-21(18(24)11-15)34-22-9-7-17(27(30)31)12-20(22)28(32)33/h2-12H,1H3,(H,26,29)/b16-10+. The molecular weight excluding hydrogens is 464 g/mol. The molecule has 3 aromatic rings. The molecule has 0 heterocycles. The van der Waals surface area contributed by atoms with Crippen molar-refractivity contribution < 1.29 is 19.4 Å². The molecular formula is C23H15ClN4O6. The second-order valence-corrected chi connectivity index (χ2v) is 7.30. The normalized spacial score (nSPS) is 10.8. The number of halogens is 1. The SMILES string of the molecule is Cc1ccccc1NC(=O)/C(C#N)=C/c1ccc(Oc2ccc([N+](=O)[O-])cc2[N+](=O)[O-])c(Cl)c1. The van der Waals surface area contributed by atoms with Crippen LogP contribution in [0.25, 0.3) is 6.08 Å². The van der Waals surface area contributed by atoms with Crippen molar-refractivity contribution in [2.45, 2.75) is 6.92 Å². The number of nitro benzene ring substituents is 2. The summed E-state index contributed by atoms with van der Waals surface area (Å²) in [6.07, 6.45) is 1.33. The number of nitrogens with one attached hydrogen (secondary N) is 1. The van der Waals surface area contributed by atoms with Crippen LogP contribution in [0.2, 0.25) is 5.02 Å². The van der Waals surface area contributed by atoms with E-state index in [1.165, 1.54) is 24.3 Å². The maximum absolute atomic E-state index is 12.5. The van der Waals surface area contributed by atoms with Crippen LogP contribution in [-0.2, 0) is 4.79 Å². The van der Waals surface area contributed by atoms with Gasteiger partial charge >= 0.3 is 5.69 Å². The van der Waals surface area contributed by atoms with Gasteiger partial charge in [0.25, 0.3) is 11.6 Å². The van der Waals surface area contributed by atoms with Gasteiger partial charge in [0, 0.05) is 11.8 Å². The molecule has 0 atom stereocenters. The van der Waals surface area contributed by atoms with Gasteiger partial charge in [0.05, 0.1) is 20.9 Å².